The number of fused-ring (bicyclic) bond motifs is 3. The van der Waals surface area contributed by atoms with Gasteiger partial charge in [-0.1, -0.05) is 0 Å². The van der Waals surface area contributed by atoms with Gasteiger partial charge in [-0.25, -0.2) is 9.78 Å². The highest BCUT2D eigenvalue weighted by Gasteiger charge is 2.38. The van der Waals surface area contributed by atoms with Gasteiger partial charge in [-0.05, 0) is 31.2 Å². The van der Waals surface area contributed by atoms with Crippen molar-refractivity contribution in [2.24, 2.45) is 0 Å². The highest BCUT2D eigenvalue weighted by Crippen LogP contribution is 2.35. The smallest absolute Gasteiger partial charge is 0.475 e. The third kappa shape index (κ3) is 4.95. The molecule has 1 atom stereocenters. The van der Waals surface area contributed by atoms with Crippen LogP contribution in [0.25, 0.3) is 21.3 Å². The standard InChI is InChI=1S/C17H19N5OS.C2HF3O2/c1-11(23)17-20-14-10-19-13-4-9-24-16(13)15(14)22(17)12-2-6-21(7-3-12)8-5-18;3-2(4,5)1(6)7/h4,9-12,23H,2-3,6-8H2,1H3;(H,6,7). The lowest BCUT2D eigenvalue weighted by molar-refractivity contribution is -0.192. The molecule has 4 rings (SSSR count). The number of rotatable bonds is 3. The molecule has 3 aromatic heterocycles. The maximum atomic E-state index is 10.6. The molecule has 0 aliphatic carbocycles. The fourth-order valence-electron chi connectivity index (χ4n) is 3.60. The molecule has 0 bridgehead atoms. The van der Waals surface area contributed by atoms with E-state index in [4.69, 9.17) is 15.2 Å². The van der Waals surface area contributed by atoms with Crippen LogP contribution in [0.2, 0.25) is 0 Å². The van der Waals surface area contributed by atoms with Gasteiger partial charge in [0, 0.05) is 19.1 Å². The van der Waals surface area contributed by atoms with Crippen LogP contribution < -0.4 is 0 Å². The molecule has 0 saturated carbocycles. The third-order valence-corrected chi connectivity index (χ3v) is 5.89. The highest BCUT2D eigenvalue weighted by atomic mass is 32.1. The first-order valence-corrected chi connectivity index (χ1v) is 10.3. The van der Waals surface area contributed by atoms with Crippen molar-refractivity contribution in [2.45, 2.75) is 38.1 Å². The fourth-order valence-corrected chi connectivity index (χ4v) is 4.49. The monoisotopic (exact) mass is 455 g/mol. The summed E-state index contributed by atoms with van der Waals surface area (Å²) in [5, 5.41) is 28.3. The average Bonchev–Trinajstić information content (AvgIpc) is 3.32. The number of imidazole rings is 1. The van der Waals surface area contributed by atoms with E-state index < -0.39 is 18.2 Å². The zero-order chi connectivity index (χ0) is 22.8. The number of aliphatic hydroxyl groups excluding tert-OH is 1. The Morgan fingerprint density at radius 1 is 1.39 bits per heavy atom. The van der Waals surface area contributed by atoms with Gasteiger partial charge in [-0.2, -0.15) is 18.4 Å². The van der Waals surface area contributed by atoms with Gasteiger partial charge in [0.05, 0.1) is 34.5 Å². The average molecular weight is 455 g/mol. The second kappa shape index (κ2) is 9.17. The number of hydrogen-bond acceptors (Lipinski definition) is 7. The number of thiophene rings is 1. The predicted octanol–water partition coefficient (Wildman–Crippen LogP) is 3.49. The lowest BCUT2D eigenvalue weighted by Crippen LogP contribution is -2.35. The molecule has 166 valence electrons. The Hall–Kier alpha value is -2.75. The minimum absolute atomic E-state index is 0.294. The third-order valence-electron chi connectivity index (χ3n) is 4.98. The zero-order valence-electron chi connectivity index (χ0n) is 16.5. The van der Waals surface area contributed by atoms with Crippen LogP contribution in [-0.2, 0) is 4.79 Å². The molecule has 0 aromatic carbocycles. The molecular weight excluding hydrogens is 435 g/mol. The lowest BCUT2D eigenvalue weighted by atomic mass is 10.0. The summed E-state index contributed by atoms with van der Waals surface area (Å²) in [5.74, 6) is -2.04. The molecule has 3 aromatic rings. The number of carboxylic acid groups (broad SMARTS) is 1. The summed E-state index contributed by atoms with van der Waals surface area (Å²) >= 11 is 1.67. The quantitative estimate of drug-likeness (QED) is 0.581. The van der Waals surface area contributed by atoms with Gasteiger partial charge in [0.1, 0.15) is 17.4 Å². The van der Waals surface area contributed by atoms with Gasteiger partial charge in [-0.3, -0.25) is 9.88 Å². The van der Waals surface area contributed by atoms with Crippen molar-refractivity contribution in [1.29, 1.82) is 5.26 Å². The van der Waals surface area contributed by atoms with Crippen LogP contribution in [0.4, 0.5) is 13.2 Å². The van der Waals surface area contributed by atoms with E-state index in [0.717, 1.165) is 47.2 Å². The van der Waals surface area contributed by atoms with Crippen LogP contribution in [0, 0.1) is 11.3 Å². The van der Waals surface area contributed by atoms with Gasteiger partial charge in [0.15, 0.2) is 0 Å². The van der Waals surface area contributed by atoms with Crippen LogP contribution >= 0.6 is 11.3 Å². The van der Waals surface area contributed by atoms with Crippen molar-refractivity contribution in [3.8, 4) is 6.07 Å². The summed E-state index contributed by atoms with van der Waals surface area (Å²) in [6, 6.07) is 4.54. The number of nitriles is 1. The topological polar surface area (TPSA) is 115 Å². The Labute approximate surface area is 179 Å². The first kappa shape index (κ1) is 22.9. The Balaban J connectivity index is 0.000000339. The number of likely N-dealkylation sites (tertiary alicyclic amines) is 1. The number of carbonyl (C=O) groups is 1. The van der Waals surface area contributed by atoms with Crippen molar-refractivity contribution >= 4 is 38.6 Å². The van der Waals surface area contributed by atoms with E-state index in [1.54, 1.807) is 24.5 Å². The maximum Gasteiger partial charge on any atom is 0.490 e. The molecule has 1 aliphatic rings. The summed E-state index contributed by atoms with van der Waals surface area (Å²) in [7, 11) is 0. The van der Waals surface area contributed by atoms with E-state index in [1.165, 1.54) is 0 Å². The second-order valence-corrected chi connectivity index (χ2v) is 8.03. The molecule has 0 spiro atoms. The fraction of sp³-hybridized carbons (Fsp3) is 0.474. The predicted molar refractivity (Wildman–Crippen MR) is 108 cm³/mol. The number of aliphatic hydroxyl groups is 1. The summed E-state index contributed by atoms with van der Waals surface area (Å²) in [6.07, 6.45) is -1.98. The Morgan fingerprint density at radius 3 is 2.58 bits per heavy atom. The van der Waals surface area contributed by atoms with Crippen molar-refractivity contribution in [3.05, 3.63) is 23.5 Å². The summed E-state index contributed by atoms with van der Waals surface area (Å²) < 4.78 is 35.1. The molecule has 2 N–H and O–H groups in total. The van der Waals surface area contributed by atoms with Crippen molar-refractivity contribution in [3.63, 3.8) is 0 Å². The van der Waals surface area contributed by atoms with Crippen molar-refractivity contribution in [2.75, 3.05) is 19.6 Å². The van der Waals surface area contributed by atoms with E-state index in [1.807, 2.05) is 11.4 Å². The molecule has 4 heterocycles. The molecule has 31 heavy (non-hydrogen) atoms. The largest absolute Gasteiger partial charge is 0.490 e. The number of alkyl halides is 3. The van der Waals surface area contributed by atoms with Crippen molar-refractivity contribution in [1.82, 2.24) is 19.4 Å². The Morgan fingerprint density at radius 2 is 2.03 bits per heavy atom. The summed E-state index contributed by atoms with van der Waals surface area (Å²) in [6.45, 7) is 4.05. The van der Waals surface area contributed by atoms with Crippen LogP contribution in [0.5, 0.6) is 0 Å². The highest BCUT2D eigenvalue weighted by molar-refractivity contribution is 7.18. The molecule has 1 saturated heterocycles. The SMILES string of the molecule is CC(O)c1nc2cnc3ccsc3c2n1C1CCN(CC#N)CC1.O=C(O)C(F)(F)F. The lowest BCUT2D eigenvalue weighted by Gasteiger charge is -2.32. The normalized spacial score (nSPS) is 16.6. The summed E-state index contributed by atoms with van der Waals surface area (Å²) in [4.78, 5) is 20.2. The molecular formula is C19H20F3N5O3S. The van der Waals surface area contributed by atoms with Gasteiger partial charge < -0.3 is 14.8 Å². The number of hydrogen-bond donors (Lipinski definition) is 2. The maximum absolute atomic E-state index is 10.6. The number of halogens is 3. The minimum atomic E-state index is -5.08. The first-order valence-electron chi connectivity index (χ1n) is 9.45. The van der Waals surface area contributed by atoms with E-state index in [0.29, 0.717) is 18.4 Å². The van der Waals surface area contributed by atoms with E-state index in [9.17, 15) is 18.3 Å². The molecule has 1 fully saturated rings. The Bertz CT molecular complexity index is 1110. The number of nitrogens with zero attached hydrogens (tertiary/aromatic N) is 5. The van der Waals surface area contributed by atoms with Crippen molar-refractivity contribution < 1.29 is 28.2 Å². The zero-order valence-corrected chi connectivity index (χ0v) is 17.3. The molecule has 0 radical (unpaired) electrons. The first-order chi connectivity index (χ1) is 14.6. The molecule has 12 heteroatoms. The second-order valence-electron chi connectivity index (χ2n) is 7.11. The molecule has 1 unspecified atom stereocenters. The van der Waals surface area contributed by atoms with Gasteiger partial charge in [-0.15, -0.1) is 11.3 Å². The van der Waals surface area contributed by atoms with Gasteiger partial charge in [0.25, 0.3) is 0 Å². The van der Waals surface area contributed by atoms with Gasteiger partial charge in [0.2, 0.25) is 0 Å². The number of carboxylic acids is 1. The van der Waals surface area contributed by atoms with Crippen LogP contribution in [-0.4, -0.2) is 61.4 Å². The van der Waals surface area contributed by atoms with E-state index in [-0.39, 0.29) is 0 Å². The molecule has 0 amide bonds. The summed E-state index contributed by atoms with van der Waals surface area (Å²) in [5.41, 5.74) is 2.91. The van der Waals surface area contributed by atoms with E-state index in [2.05, 4.69) is 25.5 Å². The number of aromatic nitrogens is 3. The van der Waals surface area contributed by atoms with E-state index >= 15 is 0 Å². The number of aliphatic carboxylic acids is 1. The van der Waals surface area contributed by atoms with Gasteiger partial charge >= 0.3 is 12.1 Å². The number of piperidine rings is 1. The molecule has 8 nitrogen and oxygen atoms in total. The van der Waals surface area contributed by atoms with Crippen LogP contribution in [0.3, 0.4) is 0 Å². The van der Waals surface area contributed by atoms with Crippen LogP contribution in [0.15, 0.2) is 17.6 Å². The Kier molecular flexibility index (Phi) is 6.78. The molecule has 1 aliphatic heterocycles. The van der Waals surface area contributed by atoms with Crippen LogP contribution in [0.1, 0.15) is 37.7 Å². The minimum Gasteiger partial charge on any atom is -0.475 e. The number of pyridine rings is 1.